The Balaban J connectivity index is 0.00000676. The summed E-state index contributed by atoms with van der Waals surface area (Å²) in [5.74, 6) is 1.05. The lowest BCUT2D eigenvalue weighted by Crippen LogP contribution is -2.17. The van der Waals surface area contributed by atoms with Crippen LogP contribution in [0, 0.1) is 11.8 Å². The van der Waals surface area contributed by atoms with Gasteiger partial charge in [0.05, 0.1) is 10.7 Å². The second-order valence-electron chi connectivity index (χ2n) is 7.68. The Morgan fingerprint density at radius 2 is 1.41 bits per heavy atom. The van der Waals surface area contributed by atoms with E-state index in [0.717, 1.165) is 30.9 Å². The van der Waals surface area contributed by atoms with Gasteiger partial charge in [-0.25, -0.2) is 0 Å². The Morgan fingerprint density at radius 1 is 0.926 bits per heavy atom. The molecule has 158 valence electrons. The Kier molecular flexibility index (Phi) is 14.8. The molecular weight excluding hydrogens is 393 g/mol. The van der Waals surface area contributed by atoms with Crippen LogP contribution in [0.25, 0.3) is 0 Å². The Labute approximate surface area is 180 Å². The number of hydrogen-bond donors (Lipinski definition) is 1. The molecular formula is C22H41ClNOPS. The van der Waals surface area contributed by atoms with E-state index in [2.05, 4.69) is 32.8 Å². The summed E-state index contributed by atoms with van der Waals surface area (Å²) in [5, 5.41) is 4.09. The Bertz CT molecular complexity index is 533. The van der Waals surface area contributed by atoms with Crippen molar-refractivity contribution < 1.29 is 4.57 Å². The van der Waals surface area contributed by atoms with Gasteiger partial charge in [0.2, 0.25) is 0 Å². The number of benzene rings is 1. The van der Waals surface area contributed by atoms with Crippen LogP contribution in [0.4, 0.5) is 5.69 Å². The summed E-state index contributed by atoms with van der Waals surface area (Å²) < 4.78 is 14.0. The van der Waals surface area contributed by atoms with Crippen LogP contribution < -0.4 is 5.09 Å². The molecule has 2 unspecified atom stereocenters. The molecule has 0 aliphatic rings. The highest BCUT2D eigenvalue weighted by Crippen LogP contribution is 2.51. The lowest BCUT2D eigenvalue weighted by atomic mass is 10.0. The van der Waals surface area contributed by atoms with E-state index in [1.54, 1.807) is 0 Å². The van der Waals surface area contributed by atoms with E-state index in [1.165, 1.54) is 38.5 Å². The molecule has 1 rings (SSSR count). The molecule has 1 aromatic rings. The number of unbranched alkanes of at least 4 members (excludes halogenated alkanes) is 2. The molecule has 5 heteroatoms. The van der Waals surface area contributed by atoms with Gasteiger partial charge in [-0.1, -0.05) is 90.0 Å². The number of hydrogen-bond acceptors (Lipinski definition) is 1. The van der Waals surface area contributed by atoms with Crippen LogP contribution in [0.2, 0.25) is 5.02 Å². The van der Waals surface area contributed by atoms with E-state index in [0.29, 0.717) is 16.9 Å². The average molecular weight is 434 g/mol. The zero-order valence-electron chi connectivity index (χ0n) is 17.8. The molecule has 0 aliphatic carbocycles. The van der Waals surface area contributed by atoms with Gasteiger partial charge in [-0.3, -0.25) is 0 Å². The van der Waals surface area contributed by atoms with Crippen molar-refractivity contribution in [2.45, 2.75) is 79.1 Å². The summed E-state index contributed by atoms with van der Waals surface area (Å²) in [5.41, 5.74) is 0.827. The first-order valence-corrected chi connectivity index (χ1v) is 13.0. The lowest BCUT2D eigenvalue weighted by Gasteiger charge is -2.29. The van der Waals surface area contributed by atoms with Gasteiger partial charge in [0.15, 0.2) is 7.29 Å². The van der Waals surface area contributed by atoms with Crippen molar-refractivity contribution in [3.05, 3.63) is 29.3 Å². The third kappa shape index (κ3) is 10.3. The minimum absolute atomic E-state index is 0. The van der Waals surface area contributed by atoms with E-state index in [4.69, 9.17) is 11.6 Å². The fraction of sp³-hybridized carbons (Fsp3) is 0.727. The maximum Gasteiger partial charge on any atom is 0.170 e. The molecule has 27 heavy (non-hydrogen) atoms. The summed E-state index contributed by atoms with van der Waals surface area (Å²) in [6.07, 6.45) is 11.0. The molecule has 0 saturated heterocycles. The average Bonchev–Trinajstić information content (AvgIpc) is 2.64. The van der Waals surface area contributed by atoms with E-state index in [9.17, 15) is 4.57 Å². The molecule has 1 N–H and O–H groups in total. The van der Waals surface area contributed by atoms with Crippen LogP contribution in [0.1, 0.15) is 79.1 Å². The zero-order valence-corrected chi connectivity index (χ0v) is 20.4. The fourth-order valence-electron chi connectivity index (χ4n) is 3.61. The molecule has 0 heterocycles. The van der Waals surface area contributed by atoms with Gasteiger partial charge < -0.3 is 9.65 Å². The first-order chi connectivity index (χ1) is 12.5. The van der Waals surface area contributed by atoms with E-state index < -0.39 is 7.29 Å². The van der Waals surface area contributed by atoms with Crippen LogP contribution >= 0.6 is 32.4 Å². The number of nitrogens with one attached hydrogen (secondary N) is 1. The van der Waals surface area contributed by atoms with Gasteiger partial charge in [0.1, 0.15) is 0 Å². The lowest BCUT2D eigenvalue weighted by molar-refractivity contribution is 0.464. The van der Waals surface area contributed by atoms with E-state index >= 15 is 0 Å². The minimum atomic E-state index is -2.53. The standard InChI is InChI=1S/C22H39ClNOP.H2S/c1-5-9-13-19(7-3)17-26(25,18-20(8-4)14-10-6-2)24-22-16-12-11-15-21(22)23;/h11-12,15-16,19-20H,5-10,13-14,17-18H2,1-4H3,(H,24,25);1H2. The molecule has 0 aliphatic heterocycles. The first kappa shape index (κ1) is 26.9. The highest BCUT2D eigenvalue weighted by atomic mass is 35.5. The summed E-state index contributed by atoms with van der Waals surface area (Å²) in [6, 6.07) is 7.71. The van der Waals surface area contributed by atoms with Crippen molar-refractivity contribution in [1.29, 1.82) is 0 Å². The zero-order chi connectivity index (χ0) is 19.4. The maximum atomic E-state index is 14.0. The van der Waals surface area contributed by atoms with E-state index in [1.807, 2.05) is 24.3 Å². The molecule has 0 bridgehead atoms. The van der Waals surface area contributed by atoms with Crippen molar-refractivity contribution in [2.24, 2.45) is 11.8 Å². The molecule has 0 saturated carbocycles. The fourth-order valence-corrected chi connectivity index (χ4v) is 7.37. The second-order valence-corrected chi connectivity index (χ2v) is 10.8. The largest absolute Gasteiger partial charge is 0.335 e. The van der Waals surface area contributed by atoms with Crippen LogP contribution in [0.5, 0.6) is 0 Å². The monoisotopic (exact) mass is 433 g/mol. The molecule has 0 fully saturated rings. The molecule has 2 atom stereocenters. The summed E-state index contributed by atoms with van der Waals surface area (Å²) in [4.78, 5) is 0. The number of halogens is 1. The molecule has 1 aromatic carbocycles. The van der Waals surface area contributed by atoms with Crippen LogP contribution in [0.3, 0.4) is 0 Å². The van der Waals surface area contributed by atoms with Crippen molar-refractivity contribution in [3.63, 3.8) is 0 Å². The smallest absolute Gasteiger partial charge is 0.170 e. The molecule has 2 nitrogen and oxygen atoms in total. The molecule has 0 spiro atoms. The number of anilines is 1. The highest BCUT2D eigenvalue weighted by Gasteiger charge is 2.29. The summed E-state index contributed by atoms with van der Waals surface area (Å²) >= 11 is 6.35. The Morgan fingerprint density at radius 3 is 1.81 bits per heavy atom. The van der Waals surface area contributed by atoms with Crippen molar-refractivity contribution in [1.82, 2.24) is 0 Å². The normalized spacial score (nSPS) is 15.4. The van der Waals surface area contributed by atoms with Crippen LogP contribution in [-0.4, -0.2) is 12.3 Å². The summed E-state index contributed by atoms with van der Waals surface area (Å²) in [6.45, 7) is 8.92. The SMILES string of the molecule is CCCCC(CC)CP(=O)(CC(CC)CCCC)Nc1ccccc1Cl.S. The number of rotatable bonds is 14. The van der Waals surface area contributed by atoms with E-state index in [-0.39, 0.29) is 13.5 Å². The third-order valence-corrected chi connectivity index (χ3v) is 8.58. The quantitative estimate of drug-likeness (QED) is 0.297. The minimum Gasteiger partial charge on any atom is -0.335 e. The predicted octanol–water partition coefficient (Wildman–Crippen LogP) is 8.58. The predicted molar refractivity (Wildman–Crippen MR) is 129 cm³/mol. The second kappa shape index (κ2) is 14.8. The van der Waals surface area contributed by atoms with Crippen molar-refractivity contribution in [3.8, 4) is 0 Å². The molecule has 0 aromatic heterocycles. The van der Waals surface area contributed by atoms with Crippen LogP contribution in [0.15, 0.2) is 24.3 Å². The van der Waals surface area contributed by atoms with Gasteiger partial charge in [-0.15, -0.1) is 0 Å². The van der Waals surface area contributed by atoms with Gasteiger partial charge in [-0.05, 0) is 36.8 Å². The number of para-hydroxylation sites is 1. The van der Waals surface area contributed by atoms with Gasteiger partial charge in [-0.2, -0.15) is 13.5 Å². The van der Waals surface area contributed by atoms with Crippen molar-refractivity contribution in [2.75, 3.05) is 17.4 Å². The van der Waals surface area contributed by atoms with Gasteiger partial charge >= 0.3 is 0 Å². The molecule has 0 radical (unpaired) electrons. The maximum absolute atomic E-state index is 14.0. The van der Waals surface area contributed by atoms with Gasteiger partial charge in [0, 0.05) is 12.3 Å². The summed E-state index contributed by atoms with van der Waals surface area (Å²) in [7, 11) is -2.53. The third-order valence-electron chi connectivity index (χ3n) is 5.39. The molecule has 0 amide bonds. The first-order valence-electron chi connectivity index (χ1n) is 10.6. The van der Waals surface area contributed by atoms with Gasteiger partial charge in [0.25, 0.3) is 0 Å². The topological polar surface area (TPSA) is 29.1 Å². The van der Waals surface area contributed by atoms with Crippen LogP contribution in [-0.2, 0) is 4.57 Å². The highest BCUT2D eigenvalue weighted by molar-refractivity contribution is 7.65. The van der Waals surface area contributed by atoms with Crippen molar-refractivity contribution >= 4 is 38.1 Å². The Hall–Kier alpha value is -0.110.